The molecule has 2 atom stereocenters. The highest BCUT2D eigenvalue weighted by Crippen LogP contribution is 2.12. The number of amides is 2. The summed E-state index contributed by atoms with van der Waals surface area (Å²) in [6.07, 6.45) is 1.10. The predicted octanol–water partition coefficient (Wildman–Crippen LogP) is 1.82. The lowest BCUT2D eigenvalue weighted by Crippen LogP contribution is -2.39. The summed E-state index contributed by atoms with van der Waals surface area (Å²) in [6, 6.07) is 14.1. The van der Waals surface area contributed by atoms with Crippen LogP contribution in [0.4, 0.5) is 4.79 Å². The third-order valence-electron chi connectivity index (χ3n) is 3.72. The van der Waals surface area contributed by atoms with Crippen LogP contribution in [-0.4, -0.2) is 32.3 Å². The zero-order valence-electron chi connectivity index (χ0n) is 13.3. The Morgan fingerprint density at radius 3 is 2.71 bits per heavy atom. The van der Waals surface area contributed by atoms with Crippen molar-refractivity contribution in [3.63, 3.8) is 0 Å². The number of aromatic nitrogens is 3. The highest BCUT2D eigenvalue weighted by Gasteiger charge is 2.16. The number of hydrogen-bond acceptors (Lipinski definition) is 4. The van der Waals surface area contributed by atoms with Gasteiger partial charge in [0.15, 0.2) is 11.5 Å². The number of urea groups is 1. The molecule has 0 aliphatic heterocycles. The van der Waals surface area contributed by atoms with E-state index >= 15 is 0 Å². The summed E-state index contributed by atoms with van der Waals surface area (Å²) < 4.78 is 1.82. The molecule has 2 aromatic heterocycles. The van der Waals surface area contributed by atoms with Gasteiger partial charge in [-0.15, -0.1) is 10.2 Å². The SMILES string of the molecule is C[C@@H](NC(=O)NC[C@H](O)c1ccccc1)c1nnc2ccccn12. The van der Waals surface area contributed by atoms with E-state index in [2.05, 4.69) is 20.8 Å². The minimum atomic E-state index is -0.749. The Hall–Kier alpha value is -2.93. The minimum absolute atomic E-state index is 0.128. The molecular weight excluding hydrogens is 306 g/mol. The fourth-order valence-electron chi connectivity index (χ4n) is 2.45. The zero-order chi connectivity index (χ0) is 16.9. The summed E-state index contributed by atoms with van der Waals surface area (Å²) in [6.45, 7) is 1.96. The first kappa shape index (κ1) is 15.9. The molecule has 0 spiro atoms. The van der Waals surface area contributed by atoms with Crippen LogP contribution in [0.3, 0.4) is 0 Å². The molecule has 0 unspecified atom stereocenters. The van der Waals surface area contributed by atoms with Gasteiger partial charge in [0.25, 0.3) is 0 Å². The number of aliphatic hydroxyl groups is 1. The number of benzene rings is 1. The van der Waals surface area contributed by atoms with E-state index in [4.69, 9.17) is 0 Å². The lowest BCUT2D eigenvalue weighted by atomic mass is 10.1. The number of aliphatic hydroxyl groups excluding tert-OH is 1. The minimum Gasteiger partial charge on any atom is -0.387 e. The van der Waals surface area contributed by atoms with Crippen LogP contribution in [0, 0.1) is 0 Å². The first-order chi connectivity index (χ1) is 11.6. The number of nitrogens with one attached hydrogen (secondary N) is 2. The molecule has 0 radical (unpaired) electrons. The van der Waals surface area contributed by atoms with Gasteiger partial charge in [-0.25, -0.2) is 4.79 Å². The molecule has 0 saturated carbocycles. The average Bonchev–Trinajstić information content (AvgIpc) is 3.04. The summed E-state index contributed by atoms with van der Waals surface area (Å²) in [5, 5.41) is 23.7. The van der Waals surface area contributed by atoms with Gasteiger partial charge in [-0.3, -0.25) is 4.40 Å². The second-order valence-electron chi connectivity index (χ2n) is 5.49. The van der Waals surface area contributed by atoms with Crippen molar-refractivity contribution >= 4 is 11.7 Å². The number of nitrogens with zero attached hydrogens (tertiary/aromatic N) is 3. The van der Waals surface area contributed by atoms with Gasteiger partial charge in [-0.1, -0.05) is 36.4 Å². The van der Waals surface area contributed by atoms with E-state index in [-0.39, 0.29) is 18.6 Å². The molecule has 3 rings (SSSR count). The van der Waals surface area contributed by atoms with Crippen molar-refractivity contribution in [2.75, 3.05) is 6.54 Å². The molecule has 0 aliphatic rings. The molecule has 1 aromatic carbocycles. The average molecular weight is 325 g/mol. The topological polar surface area (TPSA) is 91.5 Å². The van der Waals surface area contributed by atoms with Crippen molar-refractivity contribution in [1.29, 1.82) is 0 Å². The van der Waals surface area contributed by atoms with Crippen LogP contribution >= 0.6 is 0 Å². The number of pyridine rings is 1. The fraction of sp³-hybridized carbons (Fsp3) is 0.235. The van der Waals surface area contributed by atoms with Crippen molar-refractivity contribution in [1.82, 2.24) is 25.2 Å². The van der Waals surface area contributed by atoms with Crippen molar-refractivity contribution in [2.45, 2.75) is 19.1 Å². The third kappa shape index (κ3) is 3.52. The number of fused-ring (bicyclic) bond motifs is 1. The maximum Gasteiger partial charge on any atom is 0.315 e. The summed E-state index contributed by atoms with van der Waals surface area (Å²) in [5.41, 5.74) is 1.48. The fourth-order valence-corrected chi connectivity index (χ4v) is 2.45. The second-order valence-corrected chi connectivity index (χ2v) is 5.49. The van der Waals surface area contributed by atoms with Crippen LogP contribution in [-0.2, 0) is 0 Å². The van der Waals surface area contributed by atoms with Crippen LogP contribution in [0.5, 0.6) is 0 Å². The van der Waals surface area contributed by atoms with Gasteiger partial charge in [0.2, 0.25) is 0 Å². The summed E-state index contributed by atoms with van der Waals surface area (Å²) in [4.78, 5) is 12.0. The Morgan fingerprint density at radius 1 is 1.17 bits per heavy atom. The van der Waals surface area contributed by atoms with E-state index in [0.717, 1.165) is 11.2 Å². The summed E-state index contributed by atoms with van der Waals surface area (Å²) in [7, 11) is 0. The van der Waals surface area contributed by atoms with Crippen molar-refractivity contribution in [2.24, 2.45) is 0 Å². The van der Waals surface area contributed by atoms with Gasteiger partial charge in [-0.2, -0.15) is 0 Å². The molecule has 7 nitrogen and oxygen atoms in total. The number of hydrogen-bond donors (Lipinski definition) is 3. The van der Waals surface area contributed by atoms with Crippen molar-refractivity contribution < 1.29 is 9.90 Å². The van der Waals surface area contributed by atoms with E-state index in [0.29, 0.717) is 5.82 Å². The lowest BCUT2D eigenvalue weighted by Gasteiger charge is -2.15. The zero-order valence-corrected chi connectivity index (χ0v) is 13.3. The molecule has 24 heavy (non-hydrogen) atoms. The Kier molecular flexibility index (Phi) is 4.72. The van der Waals surface area contributed by atoms with E-state index in [9.17, 15) is 9.90 Å². The van der Waals surface area contributed by atoms with E-state index in [1.54, 1.807) is 0 Å². The molecule has 0 fully saturated rings. The van der Waals surface area contributed by atoms with Crippen molar-refractivity contribution in [3.8, 4) is 0 Å². The van der Waals surface area contributed by atoms with Gasteiger partial charge < -0.3 is 15.7 Å². The van der Waals surface area contributed by atoms with Gasteiger partial charge in [0.05, 0.1) is 12.1 Å². The number of carbonyl (C=O) groups is 1. The smallest absolute Gasteiger partial charge is 0.315 e. The molecule has 3 aromatic rings. The molecule has 124 valence electrons. The highest BCUT2D eigenvalue weighted by atomic mass is 16.3. The lowest BCUT2D eigenvalue weighted by molar-refractivity contribution is 0.172. The first-order valence-electron chi connectivity index (χ1n) is 7.72. The Morgan fingerprint density at radius 2 is 1.92 bits per heavy atom. The first-order valence-corrected chi connectivity index (χ1v) is 7.72. The molecule has 0 saturated heterocycles. The van der Waals surface area contributed by atoms with Crippen LogP contribution in [0.2, 0.25) is 0 Å². The monoisotopic (exact) mass is 325 g/mol. The Bertz CT molecular complexity index is 818. The van der Waals surface area contributed by atoms with E-state index < -0.39 is 6.10 Å². The molecule has 2 amide bonds. The largest absolute Gasteiger partial charge is 0.387 e. The van der Waals surface area contributed by atoms with Crippen LogP contribution in [0.15, 0.2) is 54.7 Å². The maximum absolute atomic E-state index is 12.0. The summed E-state index contributed by atoms with van der Waals surface area (Å²) in [5.74, 6) is 0.643. The maximum atomic E-state index is 12.0. The van der Waals surface area contributed by atoms with Crippen LogP contribution in [0.1, 0.15) is 30.5 Å². The molecule has 2 heterocycles. The molecule has 0 bridgehead atoms. The molecule has 0 aliphatic carbocycles. The quantitative estimate of drug-likeness (QED) is 0.667. The molecule has 3 N–H and O–H groups in total. The van der Waals surface area contributed by atoms with Gasteiger partial charge in [-0.05, 0) is 24.6 Å². The van der Waals surface area contributed by atoms with E-state index in [1.165, 1.54) is 0 Å². The molecular formula is C17H19N5O2. The van der Waals surface area contributed by atoms with Crippen molar-refractivity contribution in [3.05, 3.63) is 66.1 Å². The van der Waals surface area contributed by atoms with Crippen LogP contribution < -0.4 is 10.6 Å². The number of rotatable bonds is 5. The van der Waals surface area contributed by atoms with Gasteiger partial charge in [0.1, 0.15) is 0 Å². The number of carbonyl (C=O) groups excluding carboxylic acids is 1. The van der Waals surface area contributed by atoms with Gasteiger partial charge >= 0.3 is 6.03 Å². The van der Waals surface area contributed by atoms with E-state index in [1.807, 2.05) is 66.1 Å². The summed E-state index contributed by atoms with van der Waals surface area (Å²) >= 11 is 0. The predicted molar refractivity (Wildman–Crippen MR) is 89.3 cm³/mol. The van der Waals surface area contributed by atoms with Gasteiger partial charge in [0, 0.05) is 12.7 Å². The van der Waals surface area contributed by atoms with Crippen LogP contribution in [0.25, 0.3) is 5.65 Å². The Balaban J connectivity index is 1.57. The second kappa shape index (κ2) is 7.10. The normalized spacial score (nSPS) is 13.4. The highest BCUT2D eigenvalue weighted by molar-refractivity contribution is 5.74. The third-order valence-corrected chi connectivity index (χ3v) is 3.72. The molecule has 7 heteroatoms. The Labute approximate surface area is 139 Å². The standard InChI is InChI=1S/C17H19N5O2/c1-12(16-21-20-15-9-5-6-10-22(15)16)19-17(24)18-11-14(23)13-7-3-2-4-8-13/h2-10,12,14,23H,11H2,1H3,(H2,18,19,24)/t12-,14+/m1/s1.